The molecule has 1 heterocycles. The third-order valence-corrected chi connectivity index (χ3v) is 6.35. The number of benzene rings is 1. The summed E-state index contributed by atoms with van der Waals surface area (Å²) in [6, 6.07) is 15.5. The molecule has 34 heavy (non-hydrogen) atoms. The van der Waals surface area contributed by atoms with Crippen molar-refractivity contribution in [1.82, 2.24) is 5.32 Å². The molecular weight excluding hydrogens is 488 g/mol. The number of aryl methyl sites for hydroxylation is 1. The Kier molecular flexibility index (Phi) is 17.4. The van der Waals surface area contributed by atoms with E-state index >= 15 is 0 Å². The monoisotopic (exact) mass is 532 g/mol. The summed E-state index contributed by atoms with van der Waals surface area (Å²) in [7, 11) is 0. The van der Waals surface area contributed by atoms with Gasteiger partial charge in [-0.1, -0.05) is 94.2 Å². The van der Waals surface area contributed by atoms with Gasteiger partial charge >= 0.3 is 0 Å². The van der Waals surface area contributed by atoms with Crippen LogP contribution in [0.15, 0.2) is 60.9 Å². The summed E-state index contributed by atoms with van der Waals surface area (Å²) in [4.78, 5) is 12.1. The molecule has 2 atom stereocenters. The van der Waals surface area contributed by atoms with E-state index in [4.69, 9.17) is 0 Å². The van der Waals surface area contributed by atoms with Gasteiger partial charge in [0.2, 0.25) is 5.91 Å². The van der Waals surface area contributed by atoms with Gasteiger partial charge in [-0.15, -0.1) is 0 Å². The van der Waals surface area contributed by atoms with Crippen LogP contribution in [0.5, 0.6) is 0 Å². The zero-order valence-electron chi connectivity index (χ0n) is 21.0. The lowest BCUT2D eigenvalue weighted by atomic mass is 10.0. The Labute approximate surface area is 218 Å². The second-order valence-corrected chi connectivity index (χ2v) is 9.32. The SMILES string of the molecule is C[C@@H](NC(=O)CCCCCCCCCCCCCC[n+]1ccccc1)[C@@H](O)c1ccccc1.[Br-]. The number of pyridine rings is 1. The number of carbonyl (C=O) groups is 1. The second kappa shape index (κ2) is 19.6. The molecule has 0 saturated carbocycles. The van der Waals surface area contributed by atoms with Crippen molar-refractivity contribution in [3.63, 3.8) is 0 Å². The Morgan fingerprint density at radius 1 is 0.765 bits per heavy atom. The zero-order valence-corrected chi connectivity index (χ0v) is 22.6. The molecule has 0 fully saturated rings. The number of amides is 1. The maximum Gasteiger partial charge on any atom is 0.220 e. The van der Waals surface area contributed by atoms with Gasteiger partial charge in [0, 0.05) is 25.0 Å². The number of rotatable bonds is 18. The first-order valence-corrected chi connectivity index (χ1v) is 13.1. The van der Waals surface area contributed by atoms with E-state index in [0.717, 1.165) is 24.9 Å². The van der Waals surface area contributed by atoms with Gasteiger partial charge in [0.15, 0.2) is 12.4 Å². The predicted molar refractivity (Wildman–Crippen MR) is 136 cm³/mol. The Morgan fingerprint density at radius 2 is 1.24 bits per heavy atom. The van der Waals surface area contributed by atoms with Crippen LogP contribution in [-0.4, -0.2) is 17.1 Å². The highest BCUT2D eigenvalue weighted by Gasteiger charge is 2.17. The quantitative estimate of drug-likeness (QED) is 0.228. The number of nitrogens with one attached hydrogen (secondary N) is 1. The molecule has 0 unspecified atom stereocenters. The normalized spacial score (nSPS) is 12.5. The first-order chi connectivity index (χ1) is 16.2. The maximum absolute atomic E-state index is 12.1. The van der Waals surface area contributed by atoms with Crippen molar-refractivity contribution in [2.75, 3.05) is 0 Å². The molecule has 2 rings (SSSR count). The predicted octanol–water partition coefficient (Wildman–Crippen LogP) is 3.29. The lowest BCUT2D eigenvalue weighted by Gasteiger charge is -2.20. The lowest BCUT2D eigenvalue weighted by molar-refractivity contribution is -0.697. The third-order valence-electron chi connectivity index (χ3n) is 6.35. The van der Waals surface area contributed by atoms with E-state index in [0.29, 0.717) is 6.42 Å². The van der Waals surface area contributed by atoms with Crippen molar-refractivity contribution in [2.45, 2.75) is 109 Å². The molecule has 0 saturated heterocycles. The Bertz CT molecular complexity index is 742. The van der Waals surface area contributed by atoms with Crippen molar-refractivity contribution in [3.05, 3.63) is 66.5 Å². The van der Waals surface area contributed by atoms with Crippen LogP contribution in [0.2, 0.25) is 0 Å². The number of hydrogen-bond acceptors (Lipinski definition) is 2. The number of aromatic nitrogens is 1. The molecule has 0 radical (unpaired) electrons. The van der Waals surface area contributed by atoms with Gasteiger partial charge in [-0.2, -0.15) is 0 Å². The summed E-state index contributed by atoms with van der Waals surface area (Å²) in [6.45, 7) is 3.00. The van der Waals surface area contributed by atoms with Gasteiger partial charge in [0.25, 0.3) is 0 Å². The third kappa shape index (κ3) is 13.9. The first-order valence-electron chi connectivity index (χ1n) is 13.1. The number of aliphatic hydroxyl groups is 1. The molecule has 1 aromatic heterocycles. The standard InChI is InChI=1S/C29H44N2O2.BrH/c1-26(29(33)27-20-14-12-15-21-27)30-28(32)22-16-10-8-6-4-2-3-5-7-9-11-17-23-31-24-18-13-19-25-31;/h12-15,18-21,24-26,29,33H,2-11,16-17,22-23H2,1H3;1H/t26-,29-;/m1./s1. The van der Waals surface area contributed by atoms with E-state index in [9.17, 15) is 9.90 Å². The average molecular weight is 534 g/mol. The van der Waals surface area contributed by atoms with Crippen molar-refractivity contribution >= 4 is 5.91 Å². The fourth-order valence-electron chi connectivity index (χ4n) is 4.28. The molecule has 190 valence electrons. The minimum absolute atomic E-state index is 0. The molecule has 1 aromatic carbocycles. The number of nitrogens with zero attached hydrogens (tertiary/aromatic N) is 1. The lowest BCUT2D eigenvalue weighted by Crippen LogP contribution is -3.00. The van der Waals surface area contributed by atoms with Crippen LogP contribution in [0.3, 0.4) is 0 Å². The fraction of sp³-hybridized carbons (Fsp3) is 0.586. The minimum atomic E-state index is -0.663. The number of aliphatic hydroxyl groups excluding tert-OH is 1. The van der Waals surface area contributed by atoms with Crippen LogP contribution in [0.4, 0.5) is 0 Å². The molecule has 0 spiro atoms. The topological polar surface area (TPSA) is 53.2 Å². The summed E-state index contributed by atoms with van der Waals surface area (Å²) in [5.41, 5.74) is 0.840. The van der Waals surface area contributed by atoms with Crippen molar-refractivity contribution in [1.29, 1.82) is 0 Å². The van der Waals surface area contributed by atoms with E-state index < -0.39 is 6.10 Å². The van der Waals surface area contributed by atoms with E-state index in [1.807, 2.05) is 37.3 Å². The van der Waals surface area contributed by atoms with Gasteiger partial charge in [-0.3, -0.25) is 4.79 Å². The molecule has 0 aliphatic heterocycles. The van der Waals surface area contributed by atoms with E-state index in [-0.39, 0.29) is 28.9 Å². The van der Waals surface area contributed by atoms with Crippen LogP contribution in [0, 0.1) is 0 Å². The van der Waals surface area contributed by atoms with Gasteiger partial charge in [0.1, 0.15) is 6.54 Å². The summed E-state index contributed by atoms with van der Waals surface area (Å²) in [5.74, 6) is 0.0415. The van der Waals surface area contributed by atoms with Gasteiger partial charge < -0.3 is 27.4 Å². The van der Waals surface area contributed by atoms with E-state index in [1.165, 1.54) is 64.2 Å². The summed E-state index contributed by atoms with van der Waals surface area (Å²) in [6.07, 6.45) is 19.4. The average Bonchev–Trinajstić information content (AvgIpc) is 2.85. The number of unbranched alkanes of at least 4 members (excludes halogenated alkanes) is 11. The summed E-state index contributed by atoms with van der Waals surface area (Å²) in [5, 5.41) is 13.3. The van der Waals surface area contributed by atoms with E-state index in [2.05, 4.69) is 40.5 Å². The molecule has 0 aliphatic carbocycles. The maximum atomic E-state index is 12.1. The molecule has 0 aliphatic rings. The van der Waals surface area contributed by atoms with Gasteiger partial charge in [-0.25, -0.2) is 4.57 Å². The Balaban J connectivity index is 0.00000578. The first kappa shape index (κ1) is 30.3. The van der Waals surface area contributed by atoms with Crippen molar-refractivity contribution < 1.29 is 31.4 Å². The molecule has 2 aromatic rings. The Morgan fingerprint density at radius 3 is 1.79 bits per heavy atom. The van der Waals surface area contributed by atoms with Crippen molar-refractivity contribution in [3.8, 4) is 0 Å². The molecule has 1 amide bonds. The van der Waals surface area contributed by atoms with Crippen LogP contribution in [0.1, 0.15) is 102 Å². The zero-order chi connectivity index (χ0) is 23.6. The molecule has 0 bridgehead atoms. The highest BCUT2D eigenvalue weighted by molar-refractivity contribution is 5.76. The molecule has 2 N–H and O–H groups in total. The number of hydrogen-bond donors (Lipinski definition) is 2. The second-order valence-electron chi connectivity index (χ2n) is 9.32. The number of carbonyl (C=O) groups excluding carboxylic acids is 1. The molecular formula is C29H45BrN2O2. The summed E-state index contributed by atoms with van der Waals surface area (Å²) >= 11 is 0. The molecule has 4 nitrogen and oxygen atoms in total. The highest BCUT2D eigenvalue weighted by Crippen LogP contribution is 2.16. The largest absolute Gasteiger partial charge is 1.00 e. The smallest absolute Gasteiger partial charge is 0.220 e. The van der Waals surface area contributed by atoms with Gasteiger partial charge in [0.05, 0.1) is 12.1 Å². The van der Waals surface area contributed by atoms with Gasteiger partial charge in [-0.05, 0) is 25.3 Å². The highest BCUT2D eigenvalue weighted by atomic mass is 79.9. The summed E-state index contributed by atoms with van der Waals surface area (Å²) < 4.78 is 2.27. The van der Waals surface area contributed by atoms with Crippen molar-refractivity contribution in [2.24, 2.45) is 0 Å². The van der Waals surface area contributed by atoms with Crippen LogP contribution < -0.4 is 26.9 Å². The Hall–Kier alpha value is -1.72. The fourth-order valence-corrected chi connectivity index (χ4v) is 4.28. The van der Waals surface area contributed by atoms with Crippen LogP contribution >= 0.6 is 0 Å². The van der Waals surface area contributed by atoms with Crippen LogP contribution in [0.25, 0.3) is 0 Å². The molecule has 5 heteroatoms. The number of halogens is 1. The minimum Gasteiger partial charge on any atom is -1.00 e. The van der Waals surface area contributed by atoms with Crippen LogP contribution in [-0.2, 0) is 11.3 Å². The van der Waals surface area contributed by atoms with E-state index in [1.54, 1.807) is 0 Å².